The van der Waals surface area contributed by atoms with Crippen LogP contribution in [-0.2, 0) is 10.0 Å². The smallest absolute Gasteiger partial charge is 0.252 e. The number of carbonyl (C=O) groups is 1. The minimum absolute atomic E-state index is 0.0955. The van der Waals surface area contributed by atoms with Gasteiger partial charge in [-0.15, -0.1) is 0 Å². The number of hydrogen-bond donors (Lipinski definition) is 2. The SMILES string of the molecule is CCN(CC)S(=O)(=O)c1ccc2[nH]c(=O)cc(C(=O)NC3CCCCC3)c2c1. The third kappa shape index (κ3) is 4.12. The Morgan fingerprint density at radius 3 is 2.46 bits per heavy atom. The van der Waals surface area contributed by atoms with Crippen molar-refractivity contribution in [1.29, 1.82) is 0 Å². The molecule has 0 saturated heterocycles. The van der Waals surface area contributed by atoms with Gasteiger partial charge in [0.1, 0.15) is 0 Å². The van der Waals surface area contributed by atoms with E-state index < -0.39 is 10.0 Å². The maximum absolute atomic E-state index is 12.9. The lowest BCUT2D eigenvalue weighted by molar-refractivity contribution is 0.0929. The molecular formula is C20H27N3O4S. The van der Waals surface area contributed by atoms with Gasteiger partial charge in [-0.1, -0.05) is 33.1 Å². The molecule has 28 heavy (non-hydrogen) atoms. The number of aromatic nitrogens is 1. The summed E-state index contributed by atoms with van der Waals surface area (Å²) in [5, 5.41) is 3.44. The number of aromatic amines is 1. The van der Waals surface area contributed by atoms with Crippen LogP contribution in [0.3, 0.4) is 0 Å². The number of amides is 1. The molecule has 0 atom stereocenters. The minimum Gasteiger partial charge on any atom is -0.349 e. The fourth-order valence-electron chi connectivity index (χ4n) is 3.80. The Balaban J connectivity index is 2.04. The van der Waals surface area contributed by atoms with E-state index in [1.165, 1.54) is 28.9 Å². The van der Waals surface area contributed by atoms with E-state index >= 15 is 0 Å². The Hall–Kier alpha value is -2.19. The van der Waals surface area contributed by atoms with Crippen molar-refractivity contribution in [2.24, 2.45) is 0 Å². The van der Waals surface area contributed by atoms with Crippen molar-refractivity contribution < 1.29 is 13.2 Å². The highest BCUT2D eigenvalue weighted by Crippen LogP contribution is 2.24. The van der Waals surface area contributed by atoms with E-state index in [0.29, 0.717) is 24.0 Å². The lowest BCUT2D eigenvalue weighted by Crippen LogP contribution is -2.36. The average Bonchev–Trinajstić information content (AvgIpc) is 2.68. The molecule has 8 heteroatoms. The number of pyridine rings is 1. The summed E-state index contributed by atoms with van der Waals surface area (Å²) in [4.78, 5) is 27.7. The Bertz CT molecular complexity index is 1020. The average molecular weight is 406 g/mol. The molecule has 0 unspecified atom stereocenters. The highest BCUT2D eigenvalue weighted by Gasteiger charge is 2.24. The van der Waals surface area contributed by atoms with E-state index in [2.05, 4.69) is 10.3 Å². The number of nitrogens with zero attached hydrogens (tertiary/aromatic N) is 1. The van der Waals surface area contributed by atoms with E-state index in [0.717, 1.165) is 25.7 Å². The van der Waals surface area contributed by atoms with Crippen molar-refractivity contribution in [3.8, 4) is 0 Å². The summed E-state index contributed by atoms with van der Waals surface area (Å²) >= 11 is 0. The van der Waals surface area contributed by atoms with Gasteiger partial charge in [0.05, 0.1) is 10.5 Å². The van der Waals surface area contributed by atoms with Crippen LogP contribution >= 0.6 is 0 Å². The number of benzene rings is 1. The lowest BCUT2D eigenvalue weighted by atomic mass is 9.95. The molecule has 0 radical (unpaired) electrons. The monoisotopic (exact) mass is 405 g/mol. The molecule has 1 aliphatic carbocycles. The van der Waals surface area contributed by atoms with Crippen molar-refractivity contribution in [2.75, 3.05) is 13.1 Å². The van der Waals surface area contributed by atoms with Gasteiger partial charge in [-0.05, 0) is 31.0 Å². The minimum atomic E-state index is -3.66. The summed E-state index contributed by atoms with van der Waals surface area (Å²) in [5.74, 6) is -0.333. The van der Waals surface area contributed by atoms with Gasteiger partial charge in [0.25, 0.3) is 5.91 Å². The number of nitrogens with one attached hydrogen (secondary N) is 2. The zero-order valence-electron chi connectivity index (χ0n) is 16.3. The van der Waals surface area contributed by atoms with E-state index in [4.69, 9.17) is 0 Å². The van der Waals surface area contributed by atoms with Crippen molar-refractivity contribution >= 4 is 26.8 Å². The molecule has 7 nitrogen and oxygen atoms in total. The summed E-state index contributed by atoms with van der Waals surface area (Å²) in [7, 11) is -3.66. The van der Waals surface area contributed by atoms with E-state index in [-0.39, 0.29) is 28.0 Å². The van der Waals surface area contributed by atoms with Gasteiger partial charge in [-0.3, -0.25) is 9.59 Å². The molecule has 1 aromatic heterocycles. The van der Waals surface area contributed by atoms with Crippen LogP contribution in [0.4, 0.5) is 0 Å². The number of rotatable bonds is 6. The van der Waals surface area contributed by atoms with Gasteiger partial charge in [0, 0.05) is 36.1 Å². The summed E-state index contributed by atoms with van der Waals surface area (Å²) in [6.45, 7) is 4.28. The molecule has 0 spiro atoms. The van der Waals surface area contributed by atoms with E-state index in [9.17, 15) is 18.0 Å². The van der Waals surface area contributed by atoms with Crippen LogP contribution in [0.5, 0.6) is 0 Å². The second kappa shape index (κ2) is 8.45. The normalized spacial score (nSPS) is 15.8. The standard InChI is InChI=1S/C20H27N3O4S/c1-3-23(4-2)28(26,27)15-10-11-18-16(12-15)17(13-19(24)22-18)20(25)21-14-8-6-5-7-9-14/h10-14H,3-9H2,1-2H3,(H,21,25)(H,22,24). The van der Waals surface area contributed by atoms with Crippen LogP contribution < -0.4 is 10.9 Å². The molecule has 1 fully saturated rings. The molecule has 3 rings (SSSR count). The van der Waals surface area contributed by atoms with Crippen molar-refractivity contribution in [2.45, 2.75) is 56.9 Å². The Labute approximate surface area is 165 Å². The third-order valence-corrected chi connectivity index (χ3v) is 7.39. The molecule has 2 N–H and O–H groups in total. The first-order valence-corrected chi connectivity index (χ1v) is 11.3. The van der Waals surface area contributed by atoms with E-state index in [1.807, 2.05) is 0 Å². The zero-order valence-corrected chi connectivity index (χ0v) is 17.1. The quantitative estimate of drug-likeness (QED) is 0.772. The van der Waals surface area contributed by atoms with Crippen LogP contribution in [0.25, 0.3) is 10.9 Å². The maximum atomic E-state index is 12.9. The molecular weight excluding hydrogens is 378 g/mol. The second-order valence-corrected chi connectivity index (χ2v) is 9.09. The Morgan fingerprint density at radius 1 is 1.14 bits per heavy atom. The molecule has 152 valence electrons. The van der Waals surface area contributed by atoms with Gasteiger partial charge in [-0.2, -0.15) is 4.31 Å². The van der Waals surface area contributed by atoms with Crippen LogP contribution in [0, 0.1) is 0 Å². The molecule has 0 bridgehead atoms. The highest BCUT2D eigenvalue weighted by molar-refractivity contribution is 7.89. The number of fused-ring (bicyclic) bond motifs is 1. The molecule has 1 aliphatic rings. The van der Waals surface area contributed by atoms with Gasteiger partial charge >= 0.3 is 0 Å². The summed E-state index contributed by atoms with van der Waals surface area (Å²) in [5.41, 5.74) is 0.265. The lowest BCUT2D eigenvalue weighted by Gasteiger charge is -2.23. The second-order valence-electron chi connectivity index (χ2n) is 7.15. The zero-order chi connectivity index (χ0) is 20.3. The number of hydrogen-bond acceptors (Lipinski definition) is 4. The van der Waals surface area contributed by atoms with Gasteiger partial charge in [0.2, 0.25) is 15.6 Å². The summed E-state index contributed by atoms with van der Waals surface area (Å²) < 4.78 is 27.1. The van der Waals surface area contributed by atoms with Crippen LogP contribution in [0.2, 0.25) is 0 Å². The van der Waals surface area contributed by atoms with Crippen molar-refractivity contribution in [1.82, 2.24) is 14.6 Å². The molecule has 1 aromatic carbocycles. The predicted molar refractivity (Wildman–Crippen MR) is 109 cm³/mol. The first-order valence-electron chi connectivity index (χ1n) is 9.85. The van der Waals surface area contributed by atoms with Crippen LogP contribution in [0.1, 0.15) is 56.3 Å². The highest BCUT2D eigenvalue weighted by atomic mass is 32.2. The van der Waals surface area contributed by atoms with Crippen molar-refractivity contribution in [3.63, 3.8) is 0 Å². The first-order chi connectivity index (χ1) is 13.4. The third-order valence-electron chi connectivity index (χ3n) is 5.34. The summed E-state index contributed by atoms with van der Waals surface area (Å²) in [6, 6.07) is 5.83. The van der Waals surface area contributed by atoms with Gasteiger partial charge in [0.15, 0.2) is 0 Å². The topological polar surface area (TPSA) is 99.3 Å². The largest absolute Gasteiger partial charge is 0.349 e. The van der Waals surface area contributed by atoms with Crippen LogP contribution in [0.15, 0.2) is 34.0 Å². The molecule has 1 amide bonds. The fraction of sp³-hybridized carbons (Fsp3) is 0.500. The maximum Gasteiger partial charge on any atom is 0.252 e. The molecule has 1 saturated carbocycles. The summed E-state index contributed by atoms with van der Waals surface area (Å²) in [6.07, 6.45) is 5.18. The number of H-pyrrole nitrogens is 1. The molecule has 1 heterocycles. The molecule has 0 aliphatic heterocycles. The van der Waals surface area contributed by atoms with Crippen LogP contribution in [-0.4, -0.2) is 42.7 Å². The first kappa shape index (κ1) is 20.5. The molecule has 2 aromatic rings. The van der Waals surface area contributed by atoms with E-state index in [1.54, 1.807) is 19.9 Å². The Morgan fingerprint density at radius 2 is 1.82 bits per heavy atom. The fourth-order valence-corrected chi connectivity index (χ4v) is 5.29. The predicted octanol–water partition coefficient (Wildman–Crippen LogP) is 2.62. The number of sulfonamides is 1. The Kier molecular flexibility index (Phi) is 6.20. The van der Waals surface area contributed by atoms with Gasteiger partial charge < -0.3 is 10.3 Å². The van der Waals surface area contributed by atoms with Crippen molar-refractivity contribution in [3.05, 3.63) is 40.2 Å². The van der Waals surface area contributed by atoms with Gasteiger partial charge in [-0.25, -0.2) is 8.42 Å². The number of carbonyl (C=O) groups excluding carboxylic acids is 1.